The number of amides is 1. The smallest absolute Gasteiger partial charge is 0.330 e. The Bertz CT molecular complexity index is 1670. The monoisotopic (exact) mass is 518 g/mol. The Hall–Kier alpha value is -4.50. The predicted molar refractivity (Wildman–Crippen MR) is 142 cm³/mol. The summed E-state index contributed by atoms with van der Waals surface area (Å²) >= 11 is 6.83. The lowest BCUT2D eigenvalue weighted by Crippen LogP contribution is -2.40. The Morgan fingerprint density at radius 1 is 1.03 bits per heavy atom. The van der Waals surface area contributed by atoms with Crippen LogP contribution in [0.15, 0.2) is 64.3 Å². The van der Waals surface area contributed by atoms with Gasteiger partial charge in [0.15, 0.2) is 6.29 Å². The molecule has 188 valence electrons. The molecule has 0 saturated carbocycles. The van der Waals surface area contributed by atoms with Gasteiger partial charge < -0.3 is 14.6 Å². The highest BCUT2D eigenvalue weighted by Gasteiger charge is 2.19. The summed E-state index contributed by atoms with van der Waals surface area (Å²) in [6, 6.07) is 14.1. The van der Waals surface area contributed by atoms with Gasteiger partial charge in [-0.25, -0.2) is 9.78 Å². The molecule has 10 heteroatoms. The van der Waals surface area contributed by atoms with E-state index in [0.717, 1.165) is 15.7 Å². The fraction of sp³-hybridized carbons (Fsp3) is 0.148. The van der Waals surface area contributed by atoms with Crippen molar-refractivity contribution in [2.24, 2.45) is 14.1 Å². The average molecular weight is 519 g/mol. The summed E-state index contributed by atoms with van der Waals surface area (Å²) in [5, 5.41) is 3.20. The molecule has 0 unspecified atom stereocenters. The minimum atomic E-state index is -0.686. The zero-order chi connectivity index (χ0) is 26.9. The Morgan fingerprint density at radius 3 is 2.41 bits per heavy atom. The molecular formula is C27H23ClN4O5. The van der Waals surface area contributed by atoms with Gasteiger partial charge in [0.05, 0.1) is 23.4 Å². The number of rotatable bonds is 6. The predicted octanol–water partition coefficient (Wildman–Crippen LogP) is 3.85. The van der Waals surface area contributed by atoms with E-state index in [4.69, 9.17) is 16.3 Å². The van der Waals surface area contributed by atoms with Crippen LogP contribution in [0.1, 0.15) is 26.3 Å². The molecule has 0 spiro atoms. The summed E-state index contributed by atoms with van der Waals surface area (Å²) in [4.78, 5) is 53.1. The number of hydrogen-bond donors (Lipinski definition) is 1. The second kappa shape index (κ2) is 10.2. The number of ether oxygens (including phenoxy) is 1. The van der Waals surface area contributed by atoms with Crippen LogP contribution in [0.4, 0.5) is 5.69 Å². The number of hydrogen-bond acceptors (Lipinski definition) is 6. The molecule has 4 aromatic rings. The Kier molecular flexibility index (Phi) is 7.08. The van der Waals surface area contributed by atoms with Crippen LogP contribution in [0.3, 0.4) is 0 Å². The van der Waals surface area contributed by atoms with Crippen molar-refractivity contribution in [1.82, 2.24) is 14.1 Å². The van der Waals surface area contributed by atoms with Crippen LogP contribution in [-0.4, -0.2) is 33.4 Å². The van der Waals surface area contributed by atoms with Crippen LogP contribution < -0.4 is 21.3 Å². The zero-order valence-electron chi connectivity index (χ0n) is 20.5. The van der Waals surface area contributed by atoms with Gasteiger partial charge in [-0.1, -0.05) is 41.9 Å². The maximum atomic E-state index is 13.0. The third-order valence-electron chi connectivity index (χ3n) is 6.05. The van der Waals surface area contributed by atoms with E-state index in [9.17, 15) is 19.2 Å². The summed E-state index contributed by atoms with van der Waals surface area (Å²) in [6.45, 7) is 1.83. The molecule has 1 amide bonds. The molecule has 0 aliphatic carbocycles. The van der Waals surface area contributed by atoms with Crippen LogP contribution in [0.2, 0.25) is 5.02 Å². The van der Waals surface area contributed by atoms with Gasteiger partial charge in [-0.15, -0.1) is 0 Å². The zero-order valence-corrected chi connectivity index (χ0v) is 21.3. The van der Waals surface area contributed by atoms with Gasteiger partial charge in [0.1, 0.15) is 5.56 Å². The van der Waals surface area contributed by atoms with Crippen molar-refractivity contribution in [1.29, 1.82) is 0 Å². The molecule has 0 aliphatic heterocycles. The minimum absolute atomic E-state index is 0.159. The highest BCUT2D eigenvalue weighted by atomic mass is 35.5. The molecule has 0 radical (unpaired) electrons. The summed E-state index contributed by atoms with van der Waals surface area (Å²) in [7, 11) is 4.22. The van der Waals surface area contributed by atoms with Crippen molar-refractivity contribution in [3.63, 3.8) is 0 Å². The lowest BCUT2D eigenvalue weighted by Gasteiger charge is -2.16. The maximum absolute atomic E-state index is 13.0. The summed E-state index contributed by atoms with van der Waals surface area (Å²) in [5.74, 6) is -0.442. The van der Waals surface area contributed by atoms with Crippen LogP contribution in [0.5, 0.6) is 5.88 Å². The van der Waals surface area contributed by atoms with E-state index in [1.165, 1.54) is 32.0 Å². The van der Waals surface area contributed by atoms with Crippen molar-refractivity contribution in [3.05, 3.63) is 97.3 Å². The number of halogens is 1. The number of carbonyl (C=O) groups is 2. The van der Waals surface area contributed by atoms with Gasteiger partial charge in [0.2, 0.25) is 5.88 Å². The second-order valence-corrected chi connectivity index (χ2v) is 8.69. The Morgan fingerprint density at radius 2 is 1.70 bits per heavy atom. The maximum Gasteiger partial charge on any atom is 0.330 e. The molecule has 9 nitrogen and oxygen atoms in total. The standard InChI is InChI=1S/C27H23ClN4O5/c1-15-17(7-6-10-21(15)29-24(34)20-13-31(2)27(36)32(3)26(20)35)18-8-5-9-19(23(18)28)22-12-11-16(14-33)25(30-22)37-4/h5-14H,1-4H3,(H,29,34). The number of aldehydes is 1. The number of methoxy groups -OCH3 is 1. The molecular weight excluding hydrogens is 496 g/mol. The molecule has 2 aromatic carbocycles. The molecule has 0 aliphatic rings. The van der Waals surface area contributed by atoms with Crippen molar-refractivity contribution >= 4 is 29.5 Å². The quantitative estimate of drug-likeness (QED) is 0.388. The molecule has 4 rings (SSSR count). The fourth-order valence-electron chi connectivity index (χ4n) is 4.01. The van der Waals surface area contributed by atoms with E-state index in [-0.39, 0.29) is 11.4 Å². The molecule has 1 N–H and O–H groups in total. The Labute approximate surface area is 216 Å². The van der Waals surface area contributed by atoms with Crippen molar-refractivity contribution in [2.45, 2.75) is 6.92 Å². The molecule has 2 heterocycles. The number of aryl methyl sites for hydroxylation is 1. The van der Waals surface area contributed by atoms with Crippen molar-refractivity contribution in [3.8, 4) is 28.3 Å². The average Bonchev–Trinajstić information content (AvgIpc) is 2.90. The first-order valence-electron chi connectivity index (χ1n) is 11.1. The topological polar surface area (TPSA) is 112 Å². The van der Waals surface area contributed by atoms with E-state index >= 15 is 0 Å². The summed E-state index contributed by atoms with van der Waals surface area (Å²) in [6.07, 6.45) is 1.89. The first-order chi connectivity index (χ1) is 17.7. The minimum Gasteiger partial charge on any atom is -0.480 e. The lowest BCUT2D eigenvalue weighted by molar-refractivity contribution is 0.102. The molecule has 37 heavy (non-hydrogen) atoms. The number of aromatic nitrogens is 3. The van der Waals surface area contributed by atoms with E-state index in [2.05, 4.69) is 10.3 Å². The van der Waals surface area contributed by atoms with Crippen LogP contribution in [0.25, 0.3) is 22.4 Å². The molecule has 0 saturated heterocycles. The van der Waals surface area contributed by atoms with Gasteiger partial charge >= 0.3 is 5.69 Å². The van der Waals surface area contributed by atoms with Gasteiger partial charge in [-0.05, 0) is 36.2 Å². The summed E-state index contributed by atoms with van der Waals surface area (Å²) < 4.78 is 7.28. The summed E-state index contributed by atoms with van der Waals surface area (Å²) in [5.41, 5.74) is 2.78. The number of pyridine rings is 1. The first-order valence-corrected chi connectivity index (χ1v) is 11.5. The van der Waals surface area contributed by atoms with E-state index in [0.29, 0.717) is 39.4 Å². The molecule has 0 bridgehead atoms. The molecule has 0 fully saturated rings. The third-order valence-corrected chi connectivity index (χ3v) is 6.46. The van der Waals surface area contributed by atoms with Crippen LogP contribution in [-0.2, 0) is 14.1 Å². The molecule has 0 atom stereocenters. The van der Waals surface area contributed by atoms with Gasteiger partial charge in [-0.2, -0.15) is 0 Å². The number of anilines is 1. The third kappa shape index (κ3) is 4.68. The van der Waals surface area contributed by atoms with Gasteiger partial charge in [-0.3, -0.25) is 19.0 Å². The van der Waals surface area contributed by atoms with E-state index in [1.54, 1.807) is 24.3 Å². The van der Waals surface area contributed by atoms with Crippen molar-refractivity contribution in [2.75, 3.05) is 12.4 Å². The molecule has 2 aromatic heterocycles. The van der Waals surface area contributed by atoms with Gasteiger partial charge in [0, 0.05) is 37.1 Å². The highest BCUT2D eigenvalue weighted by molar-refractivity contribution is 6.36. The van der Waals surface area contributed by atoms with E-state index in [1.807, 2.05) is 31.2 Å². The second-order valence-electron chi connectivity index (χ2n) is 8.31. The van der Waals surface area contributed by atoms with Crippen LogP contribution in [0, 0.1) is 6.92 Å². The van der Waals surface area contributed by atoms with E-state index < -0.39 is 17.2 Å². The SMILES string of the molecule is COc1nc(-c2cccc(-c3cccc(NC(=O)c4cn(C)c(=O)n(C)c4=O)c3C)c2Cl)ccc1C=O. The van der Waals surface area contributed by atoms with Crippen molar-refractivity contribution < 1.29 is 14.3 Å². The lowest BCUT2D eigenvalue weighted by atomic mass is 9.96. The Balaban J connectivity index is 1.74. The fourth-order valence-corrected chi connectivity index (χ4v) is 4.33. The number of carbonyl (C=O) groups excluding carboxylic acids is 2. The first kappa shape index (κ1) is 25.6. The van der Waals surface area contributed by atoms with Crippen LogP contribution >= 0.6 is 11.6 Å². The normalized spacial score (nSPS) is 10.7. The number of nitrogens with zero attached hydrogens (tertiary/aromatic N) is 3. The van der Waals surface area contributed by atoms with Gasteiger partial charge in [0.25, 0.3) is 11.5 Å². The number of benzene rings is 2. The number of nitrogens with one attached hydrogen (secondary N) is 1. The highest BCUT2D eigenvalue weighted by Crippen LogP contribution is 2.39. The largest absolute Gasteiger partial charge is 0.480 e.